The van der Waals surface area contributed by atoms with E-state index in [9.17, 15) is 13.6 Å². The number of oxazole rings is 1. The Balaban J connectivity index is 1.65. The van der Waals surface area contributed by atoms with E-state index in [0.717, 1.165) is 29.3 Å². The van der Waals surface area contributed by atoms with Crippen molar-refractivity contribution in [2.75, 3.05) is 13.2 Å². The van der Waals surface area contributed by atoms with E-state index in [4.69, 9.17) is 23.4 Å². The predicted octanol–water partition coefficient (Wildman–Crippen LogP) is 6.48. The van der Waals surface area contributed by atoms with Gasteiger partial charge in [0.25, 0.3) is 11.6 Å². The Hall–Kier alpha value is -4.28. The van der Waals surface area contributed by atoms with Crippen LogP contribution in [0.3, 0.4) is 0 Å². The Morgan fingerprint density at radius 2 is 1.72 bits per heavy atom. The summed E-state index contributed by atoms with van der Waals surface area (Å²) in [5, 5.41) is 0. The fourth-order valence-electron chi connectivity index (χ4n) is 3.70. The molecule has 0 aliphatic rings. The molecule has 39 heavy (non-hydrogen) atoms. The lowest BCUT2D eigenvalue weighted by molar-refractivity contribution is -0.157. The van der Waals surface area contributed by atoms with Crippen LogP contribution in [0.2, 0.25) is 0 Å². The number of carbonyl (C=O) groups excluding carboxylic acids is 1. The van der Waals surface area contributed by atoms with E-state index < -0.39 is 23.2 Å². The number of aromatic nitrogens is 3. The fourth-order valence-corrected chi connectivity index (χ4v) is 3.70. The molecule has 0 atom stereocenters. The van der Waals surface area contributed by atoms with E-state index >= 15 is 0 Å². The van der Waals surface area contributed by atoms with Crippen LogP contribution in [0.4, 0.5) is 8.78 Å². The first kappa shape index (κ1) is 27.7. The van der Waals surface area contributed by atoms with Gasteiger partial charge in [-0.2, -0.15) is 9.97 Å². The van der Waals surface area contributed by atoms with Crippen molar-refractivity contribution in [1.82, 2.24) is 15.0 Å². The van der Waals surface area contributed by atoms with Gasteiger partial charge in [0.05, 0.1) is 6.61 Å². The summed E-state index contributed by atoms with van der Waals surface area (Å²) in [5.74, 6) is -1.48. The van der Waals surface area contributed by atoms with Crippen LogP contribution in [0.5, 0.6) is 23.4 Å². The van der Waals surface area contributed by atoms with E-state index in [0.29, 0.717) is 24.3 Å². The zero-order chi connectivity index (χ0) is 28.3. The zero-order valence-corrected chi connectivity index (χ0v) is 22.6. The van der Waals surface area contributed by atoms with Crippen LogP contribution in [0.25, 0.3) is 22.7 Å². The van der Waals surface area contributed by atoms with Crippen molar-refractivity contribution in [3.05, 3.63) is 53.1 Å². The smallest absolute Gasteiger partial charge is 0.344 e. The lowest BCUT2D eigenvalue weighted by Crippen LogP contribution is -2.27. The molecule has 0 amide bonds. The number of rotatable bonds is 9. The second-order valence-electron chi connectivity index (χ2n) is 9.82. The summed E-state index contributed by atoms with van der Waals surface area (Å²) in [5.41, 5.74) is 1.78. The molecule has 0 aliphatic carbocycles. The molecule has 2 aromatic heterocycles. The molecule has 2 aromatic carbocycles. The Morgan fingerprint density at radius 1 is 1.00 bits per heavy atom. The Morgan fingerprint density at radius 3 is 2.38 bits per heavy atom. The van der Waals surface area contributed by atoms with Gasteiger partial charge >= 0.3 is 12.0 Å². The highest BCUT2D eigenvalue weighted by atomic mass is 19.1. The predicted molar refractivity (Wildman–Crippen MR) is 138 cm³/mol. The van der Waals surface area contributed by atoms with Crippen molar-refractivity contribution in [3.8, 4) is 34.8 Å². The maximum atomic E-state index is 14.1. The number of fused-ring (bicyclic) bond motifs is 1. The average molecular weight is 542 g/mol. The molecule has 0 N–H and O–H groups in total. The highest BCUT2D eigenvalue weighted by Crippen LogP contribution is 2.34. The number of halogens is 2. The van der Waals surface area contributed by atoms with Crippen LogP contribution in [-0.4, -0.2) is 39.7 Å². The Labute approximate surface area is 224 Å². The quantitative estimate of drug-likeness (QED) is 0.220. The molecule has 2 heterocycles. The number of hydrogen-bond acceptors (Lipinski definition) is 9. The maximum absolute atomic E-state index is 14.1. The van der Waals surface area contributed by atoms with Crippen LogP contribution in [-0.2, 0) is 9.53 Å². The van der Waals surface area contributed by atoms with E-state index in [1.54, 1.807) is 32.9 Å². The van der Waals surface area contributed by atoms with Gasteiger partial charge in [0.1, 0.15) is 17.2 Å². The number of carbonyl (C=O) groups is 1. The second-order valence-corrected chi connectivity index (χ2v) is 9.82. The van der Waals surface area contributed by atoms with Gasteiger partial charge in [0, 0.05) is 11.6 Å². The van der Waals surface area contributed by atoms with E-state index in [-0.39, 0.29) is 41.4 Å². The highest BCUT2D eigenvalue weighted by molar-refractivity contribution is 5.78. The normalized spacial score (nSPS) is 11.5. The van der Waals surface area contributed by atoms with E-state index in [1.165, 1.54) is 0 Å². The highest BCUT2D eigenvalue weighted by Gasteiger charge is 2.21. The van der Waals surface area contributed by atoms with Crippen molar-refractivity contribution < 1.29 is 36.9 Å². The van der Waals surface area contributed by atoms with Gasteiger partial charge in [-0.3, -0.25) is 0 Å². The number of aryl methyl sites for hydroxylation is 2. The summed E-state index contributed by atoms with van der Waals surface area (Å²) in [6.07, 6.45) is 0.689. The molecule has 0 saturated heterocycles. The van der Waals surface area contributed by atoms with Crippen LogP contribution < -0.4 is 14.2 Å². The van der Waals surface area contributed by atoms with Gasteiger partial charge in [0.15, 0.2) is 23.7 Å². The van der Waals surface area contributed by atoms with Crippen LogP contribution in [0.1, 0.15) is 45.2 Å². The minimum atomic E-state index is -0.783. The monoisotopic (exact) mass is 541 g/mol. The third-order valence-corrected chi connectivity index (χ3v) is 5.21. The molecule has 206 valence electrons. The second kappa shape index (κ2) is 11.2. The first-order chi connectivity index (χ1) is 18.4. The summed E-state index contributed by atoms with van der Waals surface area (Å²) >= 11 is 0. The largest absolute Gasteiger partial charge is 0.481 e. The van der Waals surface area contributed by atoms with Gasteiger partial charge in [-0.25, -0.2) is 18.6 Å². The topological polar surface area (TPSA) is 106 Å². The van der Waals surface area contributed by atoms with Gasteiger partial charge in [-0.05, 0) is 76.4 Å². The maximum Gasteiger partial charge on any atom is 0.344 e. The molecule has 4 rings (SSSR count). The molecule has 0 unspecified atom stereocenters. The van der Waals surface area contributed by atoms with E-state index in [2.05, 4.69) is 15.0 Å². The summed E-state index contributed by atoms with van der Waals surface area (Å²) in [6, 6.07) is 6.10. The standard InChI is InChI=1S/C28H29F2N3O6/c1-7-10-35-25-22-26(33-27(32-25)37-20-13-18(29)8-9-19(20)30)38-24(31-22)17-11-15(2)23(16(3)12-17)36-14-21(34)39-28(4,5)6/h8-9,11-13H,7,10,14H2,1-6H3. The van der Waals surface area contributed by atoms with Gasteiger partial charge in [-0.1, -0.05) is 6.92 Å². The summed E-state index contributed by atoms with van der Waals surface area (Å²) in [6.45, 7) is 11.0. The Bertz CT molecular complexity index is 1490. The molecule has 0 fully saturated rings. The molecule has 9 nitrogen and oxygen atoms in total. The van der Waals surface area contributed by atoms with Crippen molar-refractivity contribution in [2.24, 2.45) is 0 Å². The molecule has 4 aromatic rings. The Kier molecular flexibility index (Phi) is 7.98. The number of ether oxygens (including phenoxy) is 4. The molecular formula is C28H29F2N3O6. The van der Waals surface area contributed by atoms with Crippen molar-refractivity contribution in [3.63, 3.8) is 0 Å². The number of esters is 1. The summed E-state index contributed by atoms with van der Waals surface area (Å²) in [7, 11) is 0. The van der Waals surface area contributed by atoms with Crippen LogP contribution >= 0.6 is 0 Å². The molecule has 0 bridgehead atoms. The minimum absolute atomic E-state index is 0.0403. The molecule has 0 saturated carbocycles. The van der Waals surface area contributed by atoms with E-state index in [1.807, 2.05) is 20.8 Å². The average Bonchev–Trinajstić information content (AvgIpc) is 3.27. The molecule has 0 spiro atoms. The van der Waals surface area contributed by atoms with Gasteiger partial charge < -0.3 is 23.4 Å². The van der Waals surface area contributed by atoms with Crippen molar-refractivity contribution in [1.29, 1.82) is 0 Å². The number of benzene rings is 2. The molecule has 0 radical (unpaired) electrons. The van der Waals surface area contributed by atoms with Gasteiger partial charge in [-0.15, -0.1) is 0 Å². The van der Waals surface area contributed by atoms with Crippen LogP contribution in [0, 0.1) is 25.5 Å². The fraction of sp³-hybridized carbons (Fsp3) is 0.357. The van der Waals surface area contributed by atoms with Crippen molar-refractivity contribution in [2.45, 2.75) is 53.6 Å². The SMILES string of the molecule is CCCOc1nc(Oc2cc(F)ccc2F)nc2oc(-c3cc(C)c(OCC(=O)OC(C)(C)C)c(C)c3)nc12. The third kappa shape index (κ3) is 6.78. The number of nitrogens with zero attached hydrogens (tertiary/aromatic N) is 3. The zero-order valence-electron chi connectivity index (χ0n) is 22.6. The lowest BCUT2D eigenvalue weighted by Gasteiger charge is -2.20. The van der Waals surface area contributed by atoms with Gasteiger partial charge in [0.2, 0.25) is 5.89 Å². The summed E-state index contributed by atoms with van der Waals surface area (Å²) < 4.78 is 55.8. The first-order valence-corrected chi connectivity index (χ1v) is 12.3. The first-order valence-electron chi connectivity index (χ1n) is 12.3. The molecule has 0 aliphatic heterocycles. The van der Waals surface area contributed by atoms with Crippen LogP contribution in [0.15, 0.2) is 34.7 Å². The third-order valence-electron chi connectivity index (χ3n) is 5.21. The van der Waals surface area contributed by atoms with Crippen molar-refractivity contribution >= 4 is 17.2 Å². The number of hydrogen-bond donors (Lipinski definition) is 0. The minimum Gasteiger partial charge on any atom is -0.481 e. The lowest BCUT2D eigenvalue weighted by atomic mass is 10.1. The summed E-state index contributed by atoms with van der Waals surface area (Å²) in [4.78, 5) is 25.0. The molecule has 11 heteroatoms. The molecular weight excluding hydrogens is 512 g/mol.